The molecule has 62 valence electrons. The van der Waals surface area contributed by atoms with E-state index in [0.717, 1.165) is 0 Å². The van der Waals surface area contributed by atoms with Crippen molar-refractivity contribution in [2.75, 3.05) is 12.0 Å². The summed E-state index contributed by atoms with van der Waals surface area (Å²) >= 11 is 1.37. The Morgan fingerprint density at radius 2 is 2.00 bits per heavy atom. The topological polar surface area (TPSA) is 26.0 Å². The van der Waals surface area contributed by atoms with Gasteiger partial charge < -0.3 is 5.73 Å². The lowest BCUT2D eigenvalue weighted by Crippen LogP contribution is -2.37. The third kappa shape index (κ3) is 4.00. The van der Waals surface area contributed by atoms with Crippen LogP contribution >= 0.6 is 11.8 Å². The van der Waals surface area contributed by atoms with Gasteiger partial charge in [0.1, 0.15) is 6.04 Å². The first kappa shape index (κ1) is 10.1. The van der Waals surface area contributed by atoms with Crippen molar-refractivity contribution in [2.45, 2.75) is 18.6 Å². The van der Waals surface area contributed by atoms with E-state index in [-0.39, 0.29) is 6.42 Å². The lowest BCUT2D eigenvalue weighted by molar-refractivity contribution is -0.147. The van der Waals surface area contributed by atoms with Crippen molar-refractivity contribution in [2.24, 2.45) is 5.73 Å². The fourth-order valence-electron chi connectivity index (χ4n) is 0.408. The highest BCUT2D eigenvalue weighted by Gasteiger charge is 2.35. The van der Waals surface area contributed by atoms with Crippen LogP contribution in [-0.2, 0) is 0 Å². The van der Waals surface area contributed by atoms with Crippen LogP contribution in [0.15, 0.2) is 0 Å². The lowest BCUT2D eigenvalue weighted by Gasteiger charge is -2.13. The zero-order chi connectivity index (χ0) is 8.20. The highest BCUT2D eigenvalue weighted by molar-refractivity contribution is 7.98. The summed E-state index contributed by atoms with van der Waals surface area (Å²) in [6.45, 7) is 0. The third-order valence-electron chi connectivity index (χ3n) is 1.05. The number of hydrogen-bond donors (Lipinski definition) is 1. The van der Waals surface area contributed by atoms with Crippen LogP contribution in [0.1, 0.15) is 6.42 Å². The number of nitrogens with two attached hydrogens (primary N) is 1. The summed E-state index contributed by atoms with van der Waals surface area (Å²) in [6.07, 6.45) is -2.47. The maximum absolute atomic E-state index is 11.6. The molecule has 10 heavy (non-hydrogen) atoms. The molecule has 0 heterocycles. The molecule has 0 aliphatic rings. The number of rotatable bonds is 3. The van der Waals surface area contributed by atoms with Gasteiger partial charge in [-0.15, -0.1) is 0 Å². The second-order valence-electron chi connectivity index (χ2n) is 1.93. The quantitative estimate of drug-likeness (QED) is 0.702. The van der Waals surface area contributed by atoms with E-state index in [1.807, 2.05) is 0 Å². The van der Waals surface area contributed by atoms with E-state index >= 15 is 0 Å². The standard InChI is InChI=1S/C5H10F3NS/c1-10-3-2-4(9)5(6,7)8/h4H,2-3,9H2,1H3/t4-/m1/s1. The molecule has 0 aromatic rings. The van der Waals surface area contributed by atoms with Gasteiger partial charge in [-0.25, -0.2) is 0 Å². The van der Waals surface area contributed by atoms with E-state index < -0.39 is 12.2 Å². The Bertz CT molecular complexity index is 93.4. The molecule has 0 aromatic carbocycles. The predicted octanol–water partition coefficient (Wildman–Crippen LogP) is 1.63. The van der Waals surface area contributed by atoms with Crippen molar-refractivity contribution in [1.29, 1.82) is 0 Å². The van der Waals surface area contributed by atoms with Gasteiger partial charge in [0, 0.05) is 0 Å². The predicted molar refractivity (Wildman–Crippen MR) is 37.0 cm³/mol. The Kier molecular flexibility index (Phi) is 4.12. The smallest absolute Gasteiger partial charge is 0.320 e. The summed E-state index contributed by atoms with van der Waals surface area (Å²) in [5.74, 6) is 0.459. The lowest BCUT2D eigenvalue weighted by atomic mass is 10.2. The molecule has 1 nitrogen and oxygen atoms in total. The molecule has 2 N–H and O–H groups in total. The fourth-order valence-corrected chi connectivity index (χ4v) is 0.898. The van der Waals surface area contributed by atoms with E-state index in [4.69, 9.17) is 5.73 Å². The first-order valence-electron chi connectivity index (χ1n) is 2.79. The molecule has 5 heteroatoms. The van der Waals surface area contributed by atoms with Crippen molar-refractivity contribution in [3.63, 3.8) is 0 Å². The summed E-state index contributed by atoms with van der Waals surface area (Å²) in [7, 11) is 0. The van der Waals surface area contributed by atoms with Gasteiger partial charge in [0.15, 0.2) is 0 Å². The third-order valence-corrected chi connectivity index (χ3v) is 1.70. The summed E-state index contributed by atoms with van der Waals surface area (Å²) in [5, 5.41) is 0. The van der Waals surface area contributed by atoms with Gasteiger partial charge in [-0.2, -0.15) is 24.9 Å². The number of alkyl halides is 3. The van der Waals surface area contributed by atoms with Gasteiger partial charge in [0.05, 0.1) is 0 Å². The van der Waals surface area contributed by atoms with Crippen molar-refractivity contribution < 1.29 is 13.2 Å². The van der Waals surface area contributed by atoms with Crippen molar-refractivity contribution >= 4 is 11.8 Å². The highest BCUT2D eigenvalue weighted by Crippen LogP contribution is 2.21. The molecular weight excluding hydrogens is 163 g/mol. The molecule has 0 saturated heterocycles. The molecule has 0 aliphatic carbocycles. The molecule has 0 spiro atoms. The van der Waals surface area contributed by atoms with E-state index in [1.54, 1.807) is 6.26 Å². The van der Waals surface area contributed by atoms with Gasteiger partial charge in [0.25, 0.3) is 0 Å². The minimum absolute atomic E-state index is 0.00463. The Labute approximate surface area is 62.2 Å². The second-order valence-corrected chi connectivity index (χ2v) is 2.92. The Hall–Kier alpha value is 0.100. The average Bonchev–Trinajstić information content (AvgIpc) is 1.80. The molecular formula is C5H10F3NS. The first-order chi connectivity index (χ1) is 4.48. The molecule has 0 rings (SSSR count). The van der Waals surface area contributed by atoms with Crippen LogP contribution in [0.3, 0.4) is 0 Å². The van der Waals surface area contributed by atoms with Crippen LogP contribution in [0, 0.1) is 0 Å². The highest BCUT2D eigenvalue weighted by atomic mass is 32.2. The molecule has 0 amide bonds. The summed E-state index contributed by atoms with van der Waals surface area (Å²) in [5.41, 5.74) is 4.80. The number of hydrogen-bond acceptors (Lipinski definition) is 2. The molecule has 0 unspecified atom stereocenters. The Morgan fingerprint density at radius 3 is 2.30 bits per heavy atom. The van der Waals surface area contributed by atoms with Crippen molar-refractivity contribution in [1.82, 2.24) is 0 Å². The van der Waals surface area contributed by atoms with E-state index in [0.29, 0.717) is 5.75 Å². The van der Waals surface area contributed by atoms with Gasteiger partial charge >= 0.3 is 6.18 Å². The van der Waals surface area contributed by atoms with Crippen LogP contribution in [-0.4, -0.2) is 24.2 Å². The van der Waals surface area contributed by atoms with E-state index in [9.17, 15) is 13.2 Å². The first-order valence-corrected chi connectivity index (χ1v) is 4.19. The Balaban J connectivity index is 3.52. The molecule has 0 fully saturated rings. The van der Waals surface area contributed by atoms with Crippen LogP contribution in [0.5, 0.6) is 0 Å². The van der Waals surface area contributed by atoms with E-state index in [2.05, 4.69) is 0 Å². The van der Waals surface area contributed by atoms with Crippen molar-refractivity contribution in [3.05, 3.63) is 0 Å². The molecule has 1 atom stereocenters. The van der Waals surface area contributed by atoms with Gasteiger partial charge in [0.2, 0.25) is 0 Å². The van der Waals surface area contributed by atoms with Gasteiger partial charge in [-0.1, -0.05) is 0 Å². The molecule has 0 radical (unpaired) electrons. The van der Waals surface area contributed by atoms with Crippen LogP contribution in [0.2, 0.25) is 0 Å². The summed E-state index contributed by atoms with van der Waals surface area (Å²) < 4.78 is 34.9. The zero-order valence-corrected chi connectivity index (χ0v) is 6.43. The van der Waals surface area contributed by atoms with E-state index in [1.165, 1.54) is 11.8 Å². The van der Waals surface area contributed by atoms with Crippen LogP contribution in [0.25, 0.3) is 0 Å². The number of thioether (sulfide) groups is 1. The minimum atomic E-state index is -4.23. The molecule has 0 bridgehead atoms. The van der Waals surface area contributed by atoms with Crippen LogP contribution in [0.4, 0.5) is 13.2 Å². The second kappa shape index (κ2) is 4.08. The molecule has 0 aliphatic heterocycles. The van der Waals surface area contributed by atoms with Crippen molar-refractivity contribution in [3.8, 4) is 0 Å². The average molecular weight is 173 g/mol. The maximum Gasteiger partial charge on any atom is 0.403 e. The normalized spacial score (nSPS) is 15.3. The molecule has 0 saturated carbocycles. The maximum atomic E-state index is 11.6. The zero-order valence-electron chi connectivity index (χ0n) is 5.61. The SMILES string of the molecule is CSCC[C@@H](N)C(F)(F)F. The Morgan fingerprint density at radius 1 is 1.50 bits per heavy atom. The largest absolute Gasteiger partial charge is 0.403 e. The summed E-state index contributed by atoms with van der Waals surface area (Å²) in [6, 6.07) is -1.65. The summed E-state index contributed by atoms with van der Waals surface area (Å²) in [4.78, 5) is 0. The fraction of sp³-hybridized carbons (Fsp3) is 1.00. The van der Waals surface area contributed by atoms with Crippen LogP contribution < -0.4 is 5.73 Å². The molecule has 0 aromatic heterocycles. The van der Waals surface area contributed by atoms with Gasteiger partial charge in [-0.3, -0.25) is 0 Å². The minimum Gasteiger partial charge on any atom is -0.320 e. The number of halogens is 3. The monoisotopic (exact) mass is 173 g/mol. The van der Waals surface area contributed by atoms with Gasteiger partial charge in [-0.05, 0) is 18.4 Å².